The van der Waals surface area contributed by atoms with E-state index in [1.54, 1.807) is 10.4 Å². The van der Waals surface area contributed by atoms with Gasteiger partial charge >= 0.3 is 0 Å². The number of hydrogen-bond acceptors (Lipinski definition) is 2. The molecular formula is C18H23NS. The van der Waals surface area contributed by atoms with Crippen LogP contribution in [0.3, 0.4) is 0 Å². The van der Waals surface area contributed by atoms with E-state index in [4.69, 9.17) is 0 Å². The van der Waals surface area contributed by atoms with Gasteiger partial charge in [-0.3, -0.25) is 0 Å². The minimum absolute atomic E-state index is 0.340. The van der Waals surface area contributed by atoms with E-state index in [1.807, 2.05) is 11.3 Å². The summed E-state index contributed by atoms with van der Waals surface area (Å²) in [5, 5.41) is 3.48. The molecule has 0 spiro atoms. The maximum absolute atomic E-state index is 3.48. The fraction of sp³-hybridized carbons (Fsp3) is 0.444. The first-order valence-corrected chi connectivity index (χ1v) is 8.39. The monoisotopic (exact) mass is 285 g/mol. The number of benzene rings is 1. The normalized spacial score (nSPS) is 15.6. The van der Waals surface area contributed by atoms with Gasteiger partial charge in [0.15, 0.2) is 0 Å². The molecule has 0 bridgehead atoms. The van der Waals surface area contributed by atoms with Gasteiger partial charge in [0.05, 0.1) is 6.04 Å². The van der Waals surface area contributed by atoms with Crippen LogP contribution in [-0.4, -0.2) is 7.05 Å². The highest BCUT2D eigenvalue weighted by Crippen LogP contribution is 2.36. The van der Waals surface area contributed by atoms with Crippen molar-refractivity contribution in [3.05, 3.63) is 56.8 Å². The van der Waals surface area contributed by atoms with E-state index in [2.05, 4.69) is 56.5 Å². The molecule has 106 valence electrons. The zero-order valence-corrected chi connectivity index (χ0v) is 13.4. The van der Waals surface area contributed by atoms with Gasteiger partial charge < -0.3 is 5.32 Å². The lowest BCUT2D eigenvalue weighted by Gasteiger charge is -2.16. The van der Waals surface area contributed by atoms with Crippen LogP contribution in [0.2, 0.25) is 0 Å². The first-order chi connectivity index (χ1) is 9.69. The second-order valence-corrected chi connectivity index (χ2v) is 7.16. The lowest BCUT2D eigenvalue weighted by Crippen LogP contribution is -2.16. The summed E-state index contributed by atoms with van der Waals surface area (Å²) < 4.78 is 0. The Morgan fingerprint density at radius 1 is 1.05 bits per heavy atom. The van der Waals surface area contributed by atoms with Crippen LogP contribution in [0.4, 0.5) is 0 Å². The highest BCUT2D eigenvalue weighted by atomic mass is 32.1. The van der Waals surface area contributed by atoms with Crippen molar-refractivity contribution < 1.29 is 0 Å². The molecule has 1 atom stereocenters. The SMILES string of the molecule is CNC(c1ccc(C(C)C)cc1)c1cc2c(s1)CCC2. The number of rotatable bonds is 4. The van der Waals surface area contributed by atoms with Crippen LogP contribution in [0.1, 0.15) is 58.7 Å². The second kappa shape index (κ2) is 5.71. The molecule has 1 aliphatic carbocycles. The topological polar surface area (TPSA) is 12.0 Å². The Morgan fingerprint density at radius 3 is 2.35 bits per heavy atom. The molecule has 1 heterocycles. The summed E-state index contributed by atoms with van der Waals surface area (Å²) in [5.74, 6) is 0.600. The number of aryl methyl sites for hydroxylation is 2. The first-order valence-electron chi connectivity index (χ1n) is 7.57. The molecule has 1 aromatic carbocycles. The molecule has 0 amide bonds. The van der Waals surface area contributed by atoms with Gasteiger partial charge in [-0.1, -0.05) is 38.1 Å². The molecule has 0 saturated carbocycles. The smallest absolute Gasteiger partial charge is 0.0668 e. The van der Waals surface area contributed by atoms with Crippen molar-refractivity contribution in [1.29, 1.82) is 0 Å². The summed E-state index contributed by atoms with van der Waals surface area (Å²) in [7, 11) is 2.06. The van der Waals surface area contributed by atoms with Gasteiger partial charge in [0, 0.05) is 9.75 Å². The van der Waals surface area contributed by atoms with Crippen molar-refractivity contribution in [3.63, 3.8) is 0 Å². The number of thiophene rings is 1. The van der Waals surface area contributed by atoms with E-state index in [9.17, 15) is 0 Å². The van der Waals surface area contributed by atoms with Crippen LogP contribution < -0.4 is 5.32 Å². The minimum atomic E-state index is 0.340. The second-order valence-electron chi connectivity index (χ2n) is 5.99. The summed E-state index contributed by atoms with van der Waals surface area (Å²) in [4.78, 5) is 3.08. The van der Waals surface area contributed by atoms with Crippen LogP contribution in [0.5, 0.6) is 0 Å². The molecule has 3 rings (SSSR count). The summed E-state index contributed by atoms with van der Waals surface area (Å²) in [6.45, 7) is 4.49. The molecule has 0 fully saturated rings. The molecule has 1 aliphatic rings. The molecule has 20 heavy (non-hydrogen) atoms. The van der Waals surface area contributed by atoms with E-state index in [0.29, 0.717) is 12.0 Å². The molecule has 0 saturated heterocycles. The number of hydrogen-bond donors (Lipinski definition) is 1. The fourth-order valence-corrected chi connectivity index (χ4v) is 4.44. The molecule has 0 aliphatic heterocycles. The fourth-order valence-electron chi connectivity index (χ4n) is 3.04. The van der Waals surface area contributed by atoms with Crippen LogP contribution in [0, 0.1) is 0 Å². The van der Waals surface area contributed by atoms with Gasteiger partial charge in [-0.15, -0.1) is 11.3 Å². The van der Waals surface area contributed by atoms with Crippen molar-refractivity contribution in [2.75, 3.05) is 7.05 Å². The Bertz CT molecular complexity index is 558. The number of nitrogens with one attached hydrogen (secondary N) is 1. The van der Waals surface area contributed by atoms with Crippen molar-refractivity contribution >= 4 is 11.3 Å². The molecule has 1 unspecified atom stereocenters. The zero-order valence-electron chi connectivity index (χ0n) is 12.6. The quantitative estimate of drug-likeness (QED) is 0.861. The Labute approximate surface area is 126 Å². The standard InChI is InChI=1S/C18H23NS/c1-12(2)13-7-9-14(10-8-13)18(19-3)17-11-15-5-4-6-16(15)20-17/h7-12,18-19H,4-6H2,1-3H3. The maximum atomic E-state index is 3.48. The minimum Gasteiger partial charge on any atom is -0.309 e. The van der Waals surface area contributed by atoms with E-state index in [-0.39, 0.29) is 0 Å². The molecule has 2 aromatic rings. The van der Waals surface area contributed by atoms with Crippen molar-refractivity contribution in [2.45, 2.75) is 45.1 Å². The molecule has 1 N–H and O–H groups in total. The van der Waals surface area contributed by atoms with Crippen LogP contribution in [0.25, 0.3) is 0 Å². The third-order valence-electron chi connectivity index (χ3n) is 4.28. The predicted molar refractivity (Wildman–Crippen MR) is 87.8 cm³/mol. The van der Waals surface area contributed by atoms with Gasteiger partial charge in [-0.25, -0.2) is 0 Å². The third kappa shape index (κ3) is 2.55. The van der Waals surface area contributed by atoms with Crippen LogP contribution in [-0.2, 0) is 12.8 Å². The van der Waals surface area contributed by atoms with Crippen molar-refractivity contribution in [2.24, 2.45) is 0 Å². The predicted octanol–water partition coefficient (Wildman–Crippen LogP) is 4.67. The van der Waals surface area contributed by atoms with Gasteiger partial charge in [0.1, 0.15) is 0 Å². The molecule has 0 radical (unpaired) electrons. The number of fused-ring (bicyclic) bond motifs is 1. The molecule has 1 aromatic heterocycles. The Balaban J connectivity index is 1.88. The Hall–Kier alpha value is -1.12. The third-order valence-corrected chi connectivity index (χ3v) is 5.58. The van der Waals surface area contributed by atoms with E-state index in [1.165, 1.54) is 35.3 Å². The molecular weight excluding hydrogens is 262 g/mol. The van der Waals surface area contributed by atoms with Crippen LogP contribution in [0.15, 0.2) is 30.3 Å². The van der Waals surface area contributed by atoms with Gasteiger partial charge in [-0.2, -0.15) is 0 Å². The maximum Gasteiger partial charge on any atom is 0.0668 e. The van der Waals surface area contributed by atoms with E-state index < -0.39 is 0 Å². The largest absolute Gasteiger partial charge is 0.309 e. The van der Waals surface area contributed by atoms with Crippen molar-refractivity contribution in [3.8, 4) is 0 Å². The highest BCUT2D eigenvalue weighted by Gasteiger charge is 2.20. The van der Waals surface area contributed by atoms with E-state index >= 15 is 0 Å². The average Bonchev–Trinajstić information content (AvgIpc) is 3.01. The molecule has 2 heteroatoms. The lowest BCUT2D eigenvalue weighted by molar-refractivity contribution is 0.702. The van der Waals surface area contributed by atoms with Crippen LogP contribution >= 0.6 is 11.3 Å². The van der Waals surface area contributed by atoms with Crippen molar-refractivity contribution in [1.82, 2.24) is 5.32 Å². The summed E-state index contributed by atoms with van der Waals surface area (Å²) in [6.07, 6.45) is 3.89. The highest BCUT2D eigenvalue weighted by molar-refractivity contribution is 7.12. The first kappa shape index (κ1) is 13.8. The zero-order chi connectivity index (χ0) is 14.1. The average molecular weight is 285 g/mol. The van der Waals surface area contributed by atoms with Gasteiger partial charge in [-0.05, 0) is 55.0 Å². The van der Waals surface area contributed by atoms with Gasteiger partial charge in [0.25, 0.3) is 0 Å². The lowest BCUT2D eigenvalue weighted by atomic mass is 9.98. The Morgan fingerprint density at radius 2 is 1.75 bits per heavy atom. The summed E-state index contributed by atoms with van der Waals surface area (Å²) in [5.41, 5.74) is 4.37. The molecule has 1 nitrogen and oxygen atoms in total. The van der Waals surface area contributed by atoms with Gasteiger partial charge in [0.2, 0.25) is 0 Å². The van der Waals surface area contributed by atoms with E-state index in [0.717, 1.165) is 0 Å². The summed E-state index contributed by atoms with van der Waals surface area (Å²) in [6, 6.07) is 11.9. The summed E-state index contributed by atoms with van der Waals surface area (Å²) >= 11 is 2.00. The Kier molecular flexibility index (Phi) is 3.95.